The van der Waals surface area contributed by atoms with Crippen LogP contribution in [0.25, 0.3) is 0 Å². The number of nitrogens with zero attached hydrogens (tertiary/aromatic N) is 2. The summed E-state index contributed by atoms with van der Waals surface area (Å²) in [7, 11) is 0.902. The molecule has 2 rings (SSSR count). The third-order valence-electron chi connectivity index (χ3n) is 5.92. The monoisotopic (exact) mass is 454 g/mol. The Balaban J connectivity index is 1.97. The Bertz CT molecular complexity index is 789. The number of hydrogen-bond acceptors (Lipinski definition) is 6. The van der Waals surface area contributed by atoms with Crippen molar-refractivity contribution in [3.63, 3.8) is 0 Å². The summed E-state index contributed by atoms with van der Waals surface area (Å²) in [6.45, 7) is 7.63. The van der Waals surface area contributed by atoms with Crippen LogP contribution in [0, 0.1) is 0 Å². The summed E-state index contributed by atoms with van der Waals surface area (Å²) in [6, 6.07) is 4.68. The van der Waals surface area contributed by atoms with Gasteiger partial charge in [-0.2, -0.15) is 0 Å². The summed E-state index contributed by atoms with van der Waals surface area (Å²) in [5.41, 5.74) is 1.44. The molecule has 0 saturated carbocycles. The summed E-state index contributed by atoms with van der Waals surface area (Å²) in [6.07, 6.45) is 2.76. The van der Waals surface area contributed by atoms with E-state index in [2.05, 4.69) is 0 Å². The normalized spacial score (nSPS) is 12.4. The lowest BCUT2D eigenvalue weighted by Gasteiger charge is -2.27. The fourth-order valence-corrected chi connectivity index (χ4v) is 6.87. The quantitative estimate of drug-likeness (QED) is 0.350. The van der Waals surface area contributed by atoms with E-state index in [0.717, 1.165) is 36.1 Å². The Labute approximate surface area is 185 Å². The largest absolute Gasteiger partial charge is 0.494 e. The summed E-state index contributed by atoms with van der Waals surface area (Å²) in [5.74, 6) is 0.362. The van der Waals surface area contributed by atoms with E-state index < -0.39 is 8.56 Å². The van der Waals surface area contributed by atoms with Gasteiger partial charge in [-0.05, 0) is 65.5 Å². The van der Waals surface area contributed by atoms with E-state index >= 15 is 0 Å². The van der Waals surface area contributed by atoms with Gasteiger partial charge in [0.2, 0.25) is 0 Å². The van der Waals surface area contributed by atoms with Gasteiger partial charge in [-0.15, -0.1) is 0 Å². The standard InChI is InChI=1S/C22H38N2O6Si/c1-15(2)23-19(25)13-17(21(23)27)9-7-11-31(29-5,30-6)12-8-10-18-14-20(26)24(16(3)4)22(18)28/h13-16,25-28H,7-12H2,1-6H3. The van der Waals surface area contributed by atoms with Gasteiger partial charge in [0.25, 0.3) is 0 Å². The molecular formula is C22H38N2O6Si. The van der Waals surface area contributed by atoms with Crippen molar-refractivity contribution in [1.29, 1.82) is 0 Å². The van der Waals surface area contributed by atoms with E-state index in [4.69, 9.17) is 8.85 Å². The van der Waals surface area contributed by atoms with Crippen molar-refractivity contribution < 1.29 is 29.3 Å². The molecule has 0 aliphatic heterocycles. The Morgan fingerprint density at radius 1 is 0.742 bits per heavy atom. The van der Waals surface area contributed by atoms with Gasteiger partial charge in [0.1, 0.15) is 0 Å². The average Bonchev–Trinajstić information content (AvgIpc) is 3.14. The van der Waals surface area contributed by atoms with Crippen LogP contribution in [-0.4, -0.2) is 52.3 Å². The van der Waals surface area contributed by atoms with Crippen LogP contribution < -0.4 is 0 Å². The Morgan fingerprint density at radius 2 is 1.10 bits per heavy atom. The predicted octanol–water partition coefficient (Wildman–Crippen LogP) is 4.57. The number of rotatable bonds is 12. The second-order valence-electron chi connectivity index (χ2n) is 8.66. The lowest BCUT2D eigenvalue weighted by Crippen LogP contribution is -2.40. The lowest BCUT2D eigenvalue weighted by atomic mass is 10.2. The van der Waals surface area contributed by atoms with E-state index in [-0.39, 0.29) is 35.6 Å². The molecule has 0 atom stereocenters. The highest BCUT2D eigenvalue weighted by Crippen LogP contribution is 2.35. The first kappa shape index (κ1) is 25.2. The Morgan fingerprint density at radius 3 is 1.35 bits per heavy atom. The molecule has 4 N–H and O–H groups in total. The zero-order valence-corrected chi connectivity index (χ0v) is 20.6. The molecule has 0 spiro atoms. The Hall–Kier alpha value is -2.10. The van der Waals surface area contributed by atoms with Crippen molar-refractivity contribution >= 4 is 8.56 Å². The van der Waals surface area contributed by atoms with Gasteiger partial charge in [-0.1, -0.05) is 0 Å². The molecule has 0 radical (unpaired) electrons. The highest BCUT2D eigenvalue weighted by molar-refractivity contribution is 6.67. The fourth-order valence-electron chi connectivity index (χ4n) is 4.21. The summed E-state index contributed by atoms with van der Waals surface area (Å²) < 4.78 is 14.7. The zero-order chi connectivity index (χ0) is 23.3. The van der Waals surface area contributed by atoms with Gasteiger partial charge in [0.15, 0.2) is 23.5 Å². The molecule has 2 aromatic rings. The van der Waals surface area contributed by atoms with Gasteiger partial charge in [0, 0.05) is 49.6 Å². The molecule has 176 valence electrons. The molecule has 31 heavy (non-hydrogen) atoms. The lowest BCUT2D eigenvalue weighted by molar-refractivity contribution is 0.239. The highest BCUT2D eigenvalue weighted by atomic mass is 28.4. The molecule has 8 nitrogen and oxygen atoms in total. The Kier molecular flexibility index (Phi) is 8.50. The second kappa shape index (κ2) is 10.5. The number of hydrogen-bond donors (Lipinski definition) is 4. The maximum Gasteiger partial charge on any atom is 0.337 e. The van der Waals surface area contributed by atoms with E-state index in [1.165, 1.54) is 9.13 Å². The van der Waals surface area contributed by atoms with Crippen molar-refractivity contribution in [2.24, 2.45) is 0 Å². The SMILES string of the molecule is CO[Si](CCCc1cc(O)n(C(C)C)c1O)(CCCc1cc(O)n(C(C)C)c1O)OC. The van der Waals surface area contributed by atoms with E-state index in [1.807, 2.05) is 27.7 Å². The minimum absolute atomic E-state index is 0.0263. The summed E-state index contributed by atoms with van der Waals surface area (Å²) in [4.78, 5) is 0. The maximum absolute atomic E-state index is 10.4. The fraction of sp³-hybridized carbons (Fsp3) is 0.636. The number of aromatic nitrogens is 2. The third kappa shape index (κ3) is 5.58. The van der Waals surface area contributed by atoms with Gasteiger partial charge in [-0.25, -0.2) is 0 Å². The van der Waals surface area contributed by atoms with Crippen LogP contribution in [0.2, 0.25) is 12.1 Å². The van der Waals surface area contributed by atoms with Crippen LogP contribution in [0.3, 0.4) is 0 Å². The summed E-state index contributed by atoms with van der Waals surface area (Å²) in [5, 5.41) is 40.9. The van der Waals surface area contributed by atoms with E-state index in [0.29, 0.717) is 12.8 Å². The molecule has 2 aromatic heterocycles. The first-order valence-electron chi connectivity index (χ1n) is 10.9. The molecule has 0 saturated heterocycles. The topological polar surface area (TPSA) is 109 Å². The predicted molar refractivity (Wildman–Crippen MR) is 122 cm³/mol. The first-order chi connectivity index (χ1) is 14.6. The summed E-state index contributed by atoms with van der Waals surface area (Å²) >= 11 is 0. The third-order valence-corrected chi connectivity index (χ3v) is 9.63. The average molecular weight is 455 g/mol. The first-order valence-corrected chi connectivity index (χ1v) is 13.1. The molecule has 0 aliphatic carbocycles. The van der Waals surface area contributed by atoms with Gasteiger partial charge < -0.3 is 29.3 Å². The van der Waals surface area contributed by atoms with Crippen molar-refractivity contribution in [3.05, 3.63) is 23.3 Å². The molecule has 0 fully saturated rings. The number of aryl methyl sites for hydroxylation is 2. The van der Waals surface area contributed by atoms with Crippen LogP contribution in [0.4, 0.5) is 0 Å². The van der Waals surface area contributed by atoms with Gasteiger partial charge in [-0.3, -0.25) is 9.13 Å². The van der Waals surface area contributed by atoms with Gasteiger partial charge >= 0.3 is 8.56 Å². The molecule has 2 heterocycles. The van der Waals surface area contributed by atoms with E-state index in [9.17, 15) is 20.4 Å². The van der Waals surface area contributed by atoms with Crippen molar-refractivity contribution in [3.8, 4) is 23.5 Å². The molecule has 0 amide bonds. The molecule has 0 aromatic carbocycles. The van der Waals surface area contributed by atoms with Crippen molar-refractivity contribution in [2.45, 2.75) is 77.6 Å². The van der Waals surface area contributed by atoms with Crippen LogP contribution in [0.15, 0.2) is 12.1 Å². The molecule has 0 unspecified atom stereocenters. The molecule has 0 aliphatic rings. The number of aromatic hydroxyl groups is 4. The van der Waals surface area contributed by atoms with Crippen molar-refractivity contribution in [1.82, 2.24) is 9.13 Å². The smallest absolute Gasteiger partial charge is 0.337 e. The van der Waals surface area contributed by atoms with Crippen LogP contribution in [0.1, 0.15) is 63.7 Å². The molecular weight excluding hydrogens is 416 g/mol. The maximum atomic E-state index is 10.4. The minimum Gasteiger partial charge on any atom is -0.494 e. The van der Waals surface area contributed by atoms with Crippen LogP contribution in [0.5, 0.6) is 23.5 Å². The zero-order valence-electron chi connectivity index (χ0n) is 19.6. The minimum atomic E-state index is -2.45. The highest BCUT2D eigenvalue weighted by Gasteiger charge is 2.34. The van der Waals surface area contributed by atoms with Crippen LogP contribution in [-0.2, 0) is 21.7 Å². The molecule has 0 bridgehead atoms. The van der Waals surface area contributed by atoms with Crippen molar-refractivity contribution in [2.75, 3.05) is 14.2 Å². The van der Waals surface area contributed by atoms with E-state index in [1.54, 1.807) is 26.4 Å². The second-order valence-corrected chi connectivity index (χ2v) is 12.3. The van der Waals surface area contributed by atoms with Gasteiger partial charge in [0.05, 0.1) is 0 Å². The molecule has 9 heteroatoms. The van der Waals surface area contributed by atoms with Crippen LogP contribution >= 0.6 is 0 Å².